The van der Waals surface area contributed by atoms with E-state index in [0.29, 0.717) is 12.1 Å². The van der Waals surface area contributed by atoms with Gasteiger partial charge in [-0.05, 0) is 63.0 Å². The Balaban J connectivity index is 1.96. The van der Waals surface area contributed by atoms with Gasteiger partial charge in [0.15, 0.2) is 0 Å². The molecule has 2 rings (SSSR count). The lowest BCUT2D eigenvalue weighted by Crippen LogP contribution is -2.31. The van der Waals surface area contributed by atoms with Gasteiger partial charge < -0.3 is 5.32 Å². The topological polar surface area (TPSA) is 12.0 Å². The Morgan fingerprint density at radius 2 is 1.76 bits per heavy atom. The first-order valence-corrected chi connectivity index (χ1v) is 8.80. The highest BCUT2D eigenvalue weighted by Gasteiger charge is 2.22. The molecule has 1 aromatic rings. The molecule has 21 heavy (non-hydrogen) atoms. The first-order chi connectivity index (χ1) is 9.97. The maximum absolute atomic E-state index is 3.90. The average Bonchev–Trinajstić information content (AvgIpc) is 2.67. The molecule has 1 aromatic carbocycles. The Bertz CT molecular complexity index is 449. The van der Waals surface area contributed by atoms with E-state index in [1.807, 2.05) is 0 Å². The fourth-order valence-corrected chi connectivity index (χ4v) is 3.83. The summed E-state index contributed by atoms with van der Waals surface area (Å²) in [6.45, 7) is 11.5. The average molecular weight is 287 g/mol. The number of nitrogens with one attached hydrogen (secondary N) is 1. The van der Waals surface area contributed by atoms with Crippen LogP contribution in [0.4, 0.5) is 0 Å². The van der Waals surface area contributed by atoms with Gasteiger partial charge in [-0.2, -0.15) is 0 Å². The van der Waals surface area contributed by atoms with Crippen molar-refractivity contribution < 1.29 is 0 Å². The Morgan fingerprint density at radius 3 is 2.48 bits per heavy atom. The lowest BCUT2D eigenvalue weighted by molar-refractivity contribution is 0.335. The molecule has 3 atom stereocenters. The molecule has 118 valence electrons. The highest BCUT2D eigenvalue weighted by Crippen LogP contribution is 2.30. The molecule has 0 saturated heterocycles. The van der Waals surface area contributed by atoms with Crippen LogP contribution in [0.3, 0.4) is 0 Å². The maximum atomic E-state index is 3.90. The molecule has 1 saturated carbocycles. The van der Waals surface area contributed by atoms with Crippen molar-refractivity contribution in [1.29, 1.82) is 0 Å². The molecule has 1 fully saturated rings. The molecule has 1 aliphatic carbocycles. The van der Waals surface area contributed by atoms with E-state index in [2.05, 4.69) is 58.1 Å². The number of benzene rings is 1. The molecule has 0 radical (unpaired) electrons. The zero-order valence-electron chi connectivity index (χ0n) is 14.6. The molecule has 0 heterocycles. The van der Waals surface area contributed by atoms with Gasteiger partial charge in [0.2, 0.25) is 0 Å². The van der Waals surface area contributed by atoms with E-state index in [-0.39, 0.29) is 0 Å². The zero-order chi connectivity index (χ0) is 15.4. The van der Waals surface area contributed by atoms with Crippen LogP contribution in [0.5, 0.6) is 0 Å². The summed E-state index contributed by atoms with van der Waals surface area (Å²) in [6, 6.07) is 7.98. The summed E-state index contributed by atoms with van der Waals surface area (Å²) in [5, 5.41) is 3.90. The van der Waals surface area contributed by atoms with Crippen LogP contribution in [0.25, 0.3) is 0 Å². The zero-order valence-corrected chi connectivity index (χ0v) is 14.6. The Hall–Kier alpha value is -0.820. The van der Waals surface area contributed by atoms with Crippen LogP contribution in [-0.2, 0) is 0 Å². The van der Waals surface area contributed by atoms with Crippen LogP contribution in [0.2, 0.25) is 0 Å². The number of hydrogen-bond acceptors (Lipinski definition) is 1. The SMILES string of the molecule is Cc1ccc(C)c(C(C)NC2CCCC(C(C)C)CC2)c1. The number of rotatable bonds is 4. The quantitative estimate of drug-likeness (QED) is 0.715. The summed E-state index contributed by atoms with van der Waals surface area (Å²) in [7, 11) is 0. The third-order valence-electron chi connectivity index (χ3n) is 5.34. The fourth-order valence-electron chi connectivity index (χ4n) is 3.83. The van der Waals surface area contributed by atoms with Crippen LogP contribution in [0.1, 0.15) is 75.6 Å². The normalized spacial score (nSPS) is 24.9. The van der Waals surface area contributed by atoms with Crippen molar-refractivity contribution >= 4 is 0 Å². The second kappa shape index (κ2) is 7.45. The van der Waals surface area contributed by atoms with Crippen molar-refractivity contribution in [3.8, 4) is 0 Å². The van der Waals surface area contributed by atoms with Gasteiger partial charge in [0, 0.05) is 12.1 Å². The summed E-state index contributed by atoms with van der Waals surface area (Å²) in [5.74, 6) is 1.79. The van der Waals surface area contributed by atoms with E-state index >= 15 is 0 Å². The van der Waals surface area contributed by atoms with E-state index in [1.54, 1.807) is 0 Å². The summed E-state index contributed by atoms with van der Waals surface area (Å²) < 4.78 is 0. The molecule has 0 aliphatic heterocycles. The van der Waals surface area contributed by atoms with Crippen molar-refractivity contribution in [1.82, 2.24) is 5.32 Å². The monoisotopic (exact) mass is 287 g/mol. The van der Waals surface area contributed by atoms with Gasteiger partial charge in [-0.15, -0.1) is 0 Å². The second-order valence-electron chi connectivity index (χ2n) is 7.46. The number of aryl methyl sites for hydroxylation is 2. The highest BCUT2D eigenvalue weighted by atomic mass is 14.9. The van der Waals surface area contributed by atoms with Gasteiger partial charge in [-0.1, -0.05) is 50.5 Å². The summed E-state index contributed by atoms with van der Waals surface area (Å²) >= 11 is 0. The second-order valence-corrected chi connectivity index (χ2v) is 7.46. The number of hydrogen-bond donors (Lipinski definition) is 1. The molecule has 1 nitrogen and oxygen atoms in total. The molecule has 0 aromatic heterocycles. The van der Waals surface area contributed by atoms with Crippen molar-refractivity contribution in [2.24, 2.45) is 11.8 Å². The predicted octanol–water partition coefficient (Wildman–Crippen LogP) is 5.56. The third kappa shape index (κ3) is 4.57. The smallest absolute Gasteiger partial charge is 0.0297 e. The van der Waals surface area contributed by atoms with Gasteiger partial charge in [0.25, 0.3) is 0 Å². The lowest BCUT2D eigenvalue weighted by atomic mass is 9.89. The minimum atomic E-state index is 0.463. The summed E-state index contributed by atoms with van der Waals surface area (Å²) in [4.78, 5) is 0. The van der Waals surface area contributed by atoms with E-state index in [4.69, 9.17) is 0 Å². The van der Waals surface area contributed by atoms with Gasteiger partial charge in [0.05, 0.1) is 0 Å². The van der Waals surface area contributed by atoms with Crippen molar-refractivity contribution in [3.63, 3.8) is 0 Å². The van der Waals surface area contributed by atoms with Crippen LogP contribution >= 0.6 is 0 Å². The lowest BCUT2D eigenvalue weighted by Gasteiger charge is -2.24. The standard InChI is InChI=1S/C20H33N/c1-14(2)18-7-6-8-19(12-11-18)21-17(5)20-13-15(3)9-10-16(20)4/h9-10,13-14,17-19,21H,6-8,11-12H2,1-5H3. The van der Waals surface area contributed by atoms with E-state index < -0.39 is 0 Å². The first-order valence-electron chi connectivity index (χ1n) is 8.80. The van der Waals surface area contributed by atoms with Gasteiger partial charge in [0.1, 0.15) is 0 Å². The highest BCUT2D eigenvalue weighted by molar-refractivity contribution is 5.32. The van der Waals surface area contributed by atoms with Gasteiger partial charge in [-0.3, -0.25) is 0 Å². The largest absolute Gasteiger partial charge is 0.307 e. The van der Waals surface area contributed by atoms with Crippen LogP contribution in [-0.4, -0.2) is 6.04 Å². The predicted molar refractivity (Wildman–Crippen MR) is 92.7 cm³/mol. The van der Waals surface area contributed by atoms with Crippen molar-refractivity contribution in [2.45, 2.75) is 78.8 Å². The maximum Gasteiger partial charge on any atom is 0.0297 e. The van der Waals surface area contributed by atoms with E-state index in [0.717, 1.165) is 11.8 Å². The van der Waals surface area contributed by atoms with E-state index in [9.17, 15) is 0 Å². The van der Waals surface area contributed by atoms with Crippen molar-refractivity contribution in [2.75, 3.05) is 0 Å². The fraction of sp³-hybridized carbons (Fsp3) is 0.700. The van der Waals surface area contributed by atoms with E-state index in [1.165, 1.54) is 48.8 Å². The molecule has 1 heteroatoms. The minimum absolute atomic E-state index is 0.463. The molecule has 0 amide bonds. The molecule has 0 bridgehead atoms. The van der Waals surface area contributed by atoms with Gasteiger partial charge in [-0.25, -0.2) is 0 Å². The summed E-state index contributed by atoms with van der Waals surface area (Å²) in [6.07, 6.45) is 6.90. The van der Waals surface area contributed by atoms with Crippen molar-refractivity contribution in [3.05, 3.63) is 34.9 Å². The minimum Gasteiger partial charge on any atom is -0.307 e. The van der Waals surface area contributed by atoms with Crippen LogP contribution < -0.4 is 5.32 Å². The molecular weight excluding hydrogens is 254 g/mol. The Kier molecular flexibility index (Phi) is 5.87. The molecule has 1 N–H and O–H groups in total. The summed E-state index contributed by atoms with van der Waals surface area (Å²) in [5.41, 5.74) is 4.25. The first kappa shape index (κ1) is 16.5. The molecule has 0 spiro atoms. The molecule has 3 unspecified atom stereocenters. The third-order valence-corrected chi connectivity index (χ3v) is 5.34. The Labute approximate surface area is 131 Å². The molecule has 1 aliphatic rings. The van der Waals surface area contributed by atoms with Gasteiger partial charge >= 0.3 is 0 Å². The Morgan fingerprint density at radius 1 is 1.00 bits per heavy atom. The van der Waals surface area contributed by atoms with Crippen LogP contribution in [0.15, 0.2) is 18.2 Å². The van der Waals surface area contributed by atoms with Crippen LogP contribution in [0, 0.1) is 25.7 Å². The molecular formula is C20H33N.